The number of non-ortho nitro benzene ring substituents is 1. The Hall–Kier alpha value is -5.44. The molecule has 1 spiro atoms. The lowest BCUT2D eigenvalue weighted by Crippen LogP contribution is -2.51. The van der Waals surface area contributed by atoms with Crippen molar-refractivity contribution in [2.45, 2.75) is 17.5 Å². The maximum atomic E-state index is 14.6. The third kappa shape index (κ3) is 3.42. The Kier molecular flexibility index (Phi) is 5.43. The monoisotopic (exact) mass is 542 g/mol. The number of pyridine rings is 1. The number of nitrogens with zero attached hydrogens (tertiary/aromatic N) is 3. The molecule has 0 bridgehead atoms. The van der Waals surface area contributed by atoms with Gasteiger partial charge in [0.1, 0.15) is 11.5 Å². The van der Waals surface area contributed by atoms with Gasteiger partial charge in [0.05, 0.1) is 16.9 Å². The van der Waals surface area contributed by atoms with Crippen molar-refractivity contribution in [3.8, 4) is 0 Å². The summed E-state index contributed by atoms with van der Waals surface area (Å²) in [7, 11) is 0. The predicted molar refractivity (Wildman–Crippen MR) is 152 cm³/mol. The number of benzene rings is 3. The van der Waals surface area contributed by atoms with Gasteiger partial charge < -0.3 is 10.2 Å². The van der Waals surface area contributed by atoms with Crippen LogP contribution >= 0.6 is 0 Å². The Morgan fingerprint density at radius 2 is 1.66 bits per heavy atom. The molecule has 3 aromatic carbocycles. The molecule has 4 aromatic rings. The minimum atomic E-state index is -1.44. The van der Waals surface area contributed by atoms with Gasteiger partial charge in [-0.2, -0.15) is 0 Å². The molecule has 9 nitrogen and oxygen atoms in total. The summed E-state index contributed by atoms with van der Waals surface area (Å²) in [4.78, 5) is 60.2. The number of Topliss-reactive ketones (excluding diaryl/α,β-unsaturated/α-hetero) is 2. The summed E-state index contributed by atoms with van der Waals surface area (Å²) in [6, 6.07) is 21.7. The second-order valence-electron chi connectivity index (χ2n) is 10.3. The molecule has 3 aliphatic heterocycles. The zero-order chi connectivity index (χ0) is 28.3. The summed E-state index contributed by atoms with van der Waals surface area (Å²) in [5.41, 5.74) is 1.71. The van der Waals surface area contributed by atoms with Crippen molar-refractivity contribution in [3.63, 3.8) is 0 Å². The molecule has 1 saturated heterocycles. The topological polar surface area (TPSA) is 123 Å². The number of rotatable bonds is 5. The number of ketones is 2. The molecular formula is C32H22N4O5. The van der Waals surface area contributed by atoms with Crippen LogP contribution in [0.2, 0.25) is 0 Å². The van der Waals surface area contributed by atoms with Gasteiger partial charge >= 0.3 is 0 Å². The van der Waals surface area contributed by atoms with E-state index in [0.29, 0.717) is 11.3 Å². The van der Waals surface area contributed by atoms with E-state index < -0.39 is 34.1 Å². The fourth-order valence-electron chi connectivity index (χ4n) is 6.73. The smallest absolute Gasteiger partial charge is 0.269 e. The van der Waals surface area contributed by atoms with Crippen molar-refractivity contribution in [1.82, 2.24) is 4.98 Å². The number of para-hydroxylation sites is 2. The third-order valence-corrected chi connectivity index (χ3v) is 8.40. The number of nitro groups is 1. The number of carbonyl (C=O) groups is 3. The SMILES string of the molecule is O=C(c1ccc([N+](=O)[O-])cc1)[C@@H]1[C@H](C(=O)c2cccnc2)[C@]2(C(=O)Nc3ccccc32)[C@H]2C=Cc3ccccc3N12. The highest BCUT2D eigenvalue weighted by atomic mass is 16.6. The van der Waals surface area contributed by atoms with Gasteiger partial charge in [-0.15, -0.1) is 0 Å². The first-order valence-corrected chi connectivity index (χ1v) is 13.1. The second-order valence-corrected chi connectivity index (χ2v) is 10.3. The lowest BCUT2D eigenvalue weighted by atomic mass is 9.64. The molecule has 1 aromatic heterocycles. The summed E-state index contributed by atoms with van der Waals surface area (Å²) in [5, 5.41) is 14.3. The van der Waals surface area contributed by atoms with E-state index in [-0.39, 0.29) is 28.5 Å². The van der Waals surface area contributed by atoms with Crippen molar-refractivity contribution in [2.75, 3.05) is 10.2 Å². The zero-order valence-corrected chi connectivity index (χ0v) is 21.5. The standard InChI is InChI=1S/C32H22N4O5/c37-29(21-7-5-17-33-18-21)27-28(30(38)20-11-14-22(15-12-20)36(40)41)35-25-10-4-1-6-19(25)13-16-26(35)32(27)23-8-2-3-9-24(23)34-31(32)39/h1-18,26-28H,(H,34,39)/t26-,27-,28+,32-/m1/s1. The second kappa shape index (κ2) is 9.06. The number of hydrogen-bond acceptors (Lipinski definition) is 7. The minimum Gasteiger partial charge on any atom is -0.352 e. The van der Waals surface area contributed by atoms with E-state index in [0.717, 1.165) is 11.3 Å². The molecule has 7 rings (SSSR count). The predicted octanol–water partition coefficient (Wildman–Crippen LogP) is 4.85. The van der Waals surface area contributed by atoms with E-state index in [9.17, 15) is 24.5 Å². The van der Waals surface area contributed by atoms with Crippen LogP contribution in [0.15, 0.2) is 103 Å². The maximum absolute atomic E-state index is 14.6. The number of fused-ring (bicyclic) bond motifs is 6. The van der Waals surface area contributed by atoms with Crippen LogP contribution in [-0.4, -0.2) is 39.5 Å². The van der Waals surface area contributed by atoms with E-state index in [1.807, 2.05) is 59.5 Å². The summed E-state index contributed by atoms with van der Waals surface area (Å²) in [6.45, 7) is 0. The van der Waals surface area contributed by atoms with Crippen molar-refractivity contribution < 1.29 is 19.3 Å². The first-order valence-electron chi connectivity index (χ1n) is 13.1. The molecule has 4 atom stereocenters. The van der Waals surface area contributed by atoms with Crippen molar-refractivity contribution in [3.05, 3.63) is 136 Å². The van der Waals surface area contributed by atoms with Gasteiger partial charge in [-0.1, -0.05) is 48.6 Å². The highest BCUT2D eigenvalue weighted by molar-refractivity contribution is 6.18. The zero-order valence-electron chi connectivity index (χ0n) is 21.5. The molecule has 1 fully saturated rings. The number of amides is 1. The first-order chi connectivity index (χ1) is 19.9. The molecule has 4 heterocycles. The Morgan fingerprint density at radius 3 is 2.41 bits per heavy atom. The number of hydrogen-bond donors (Lipinski definition) is 1. The summed E-state index contributed by atoms with van der Waals surface area (Å²) in [5.74, 6) is -2.30. The van der Waals surface area contributed by atoms with Gasteiger partial charge in [-0.05, 0) is 47.5 Å². The van der Waals surface area contributed by atoms with E-state index in [2.05, 4.69) is 10.3 Å². The number of carbonyl (C=O) groups excluding carboxylic acids is 3. The highest BCUT2D eigenvalue weighted by Crippen LogP contribution is 2.58. The van der Waals surface area contributed by atoms with Gasteiger partial charge in [0.15, 0.2) is 11.6 Å². The van der Waals surface area contributed by atoms with E-state index in [4.69, 9.17) is 0 Å². The maximum Gasteiger partial charge on any atom is 0.269 e. The van der Waals surface area contributed by atoms with Crippen molar-refractivity contribution >= 4 is 40.6 Å². The summed E-state index contributed by atoms with van der Waals surface area (Å²) < 4.78 is 0. The fraction of sp³-hybridized carbons (Fsp3) is 0.125. The van der Waals surface area contributed by atoms with Gasteiger partial charge in [-0.25, -0.2) is 0 Å². The molecule has 0 radical (unpaired) electrons. The van der Waals surface area contributed by atoms with Crippen LogP contribution in [0.4, 0.5) is 17.1 Å². The van der Waals surface area contributed by atoms with Crippen molar-refractivity contribution in [1.29, 1.82) is 0 Å². The molecule has 1 N–H and O–H groups in total. The average molecular weight is 543 g/mol. The first kappa shape index (κ1) is 24.6. The van der Waals surface area contributed by atoms with Crippen LogP contribution in [0.5, 0.6) is 0 Å². The van der Waals surface area contributed by atoms with E-state index in [1.165, 1.54) is 30.5 Å². The number of nitrogens with one attached hydrogen (secondary N) is 1. The van der Waals surface area contributed by atoms with Crippen LogP contribution in [0, 0.1) is 16.0 Å². The molecule has 200 valence electrons. The molecule has 3 aliphatic rings. The van der Waals surface area contributed by atoms with Gasteiger partial charge in [0.25, 0.3) is 5.69 Å². The fourth-order valence-corrected chi connectivity index (χ4v) is 6.73. The third-order valence-electron chi connectivity index (χ3n) is 8.40. The Labute approximate surface area is 234 Å². The van der Waals surface area contributed by atoms with Gasteiger partial charge in [0.2, 0.25) is 5.91 Å². The summed E-state index contributed by atoms with van der Waals surface area (Å²) >= 11 is 0. The largest absolute Gasteiger partial charge is 0.352 e. The van der Waals surface area contributed by atoms with E-state index in [1.54, 1.807) is 24.4 Å². The molecule has 41 heavy (non-hydrogen) atoms. The van der Waals surface area contributed by atoms with Crippen LogP contribution in [0.3, 0.4) is 0 Å². The minimum absolute atomic E-state index is 0.152. The number of nitro benzene ring substituents is 1. The van der Waals surface area contributed by atoms with Gasteiger partial charge in [-0.3, -0.25) is 29.5 Å². The number of anilines is 2. The van der Waals surface area contributed by atoms with Crippen LogP contribution in [-0.2, 0) is 10.2 Å². The molecule has 0 saturated carbocycles. The quantitative estimate of drug-likeness (QED) is 0.217. The molecule has 9 heteroatoms. The Balaban J connectivity index is 1.51. The molecule has 0 unspecified atom stereocenters. The lowest BCUT2D eigenvalue weighted by Gasteiger charge is -2.37. The van der Waals surface area contributed by atoms with Gasteiger partial charge in [0, 0.05) is 47.0 Å². The van der Waals surface area contributed by atoms with Crippen LogP contribution in [0.1, 0.15) is 31.8 Å². The van der Waals surface area contributed by atoms with Crippen LogP contribution in [0.25, 0.3) is 6.08 Å². The molecular weight excluding hydrogens is 520 g/mol. The Bertz CT molecular complexity index is 1790. The lowest BCUT2D eigenvalue weighted by molar-refractivity contribution is -0.384. The van der Waals surface area contributed by atoms with E-state index >= 15 is 0 Å². The molecule has 0 aliphatic carbocycles. The Morgan fingerprint density at radius 1 is 0.902 bits per heavy atom. The average Bonchev–Trinajstić information content (AvgIpc) is 3.49. The highest BCUT2D eigenvalue weighted by Gasteiger charge is 2.70. The summed E-state index contributed by atoms with van der Waals surface area (Å²) in [6.07, 6.45) is 6.83. The molecule has 1 amide bonds. The normalized spacial score (nSPS) is 23.5. The number of aromatic nitrogens is 1. The van der Waals surface area contributed by atoms with Crippen molar-refractivity contribution in [2.24, 2.45) is 5.92 Å². The van der Waals surface area contributed by atoms with Crippen LogP contribution < -0.4 is 10.2 Å².